The topological polar surface area (TPSA) is 38.7 Å². The Kier molecular flexibility index (Phi) is 3.72. The molecule has 0 saturated carbocycles. The number of aromatic hydroxyl groups is 1. The fourth-order valence-electron chi connectivity index (χ4n) is 1.74. The number of benzene rings is 2. The van der Waals surface area contributed by atoms with Crippen LogP contribution >= 0.6 is 0 Å². The van der Waals surface area contributed by atoms with Gasteiger partial charge in [0, 0.05) is 0 Å². The van der Waals surface area contributed by atoms with Crippen LogP contribution in [-0.4, -0.2) is 12.2 Å². The zero-order valence-electron chi connectivity index (χ0n) is 10.5. The van der Waals surface area contributed by atoms with Gasteiger partial charge in [-0.25, -0.2) is 0 Å². The highest BCUT2D eigenvalue weighted by Crippen LogP contribution is 2.27. The number of methoxy groups -OCH3 is 1. The van der Waals surface area contributed by atoms with Crippen molar-refractivity contribution in [3.05, 3.63) is 53.6 Å². The van der Waals surface area contributed by atoms with Crippen molar-refractivity contribution in [3.8, 4) is 17.2 Å². The van der Waals surface area contributed by atoms with Crippen LogP contribution in [0.1, 0.15) is 11.1 Å². The molecule has 0 aliphatic heterocycles. The standard InChI is InChI=1S/C15H16O3/c1-11-9-13(16)8-7-12(11)10-18-15-6-4-3-5-14(15)17-2/h3-9,16H,10H2,1-2H3. The predicted molar refractivity (Wildman–Crippen MR) is 70.2 cm³/mol. The van der Waals surface area contributed by atoms with E-state index in [-0.39, 0.29) is 5.75 Å². The van der Waals surface area contributed by atoms with E-state index in [1.54, 1.807) is 19.2 Å². The summed E-state index contributed by atoms with van der Waals surface area (Å²) in [5.41, 5.74) is 2.05. The van der Waals surface area contributed by atoms with Gasteiger partial charge in [0.2, 0.25) is 0 Å². The first kappa shape index (κ1) is 12.3. The molecule has 3 heteroatoms. The van der Waals surface area contributed by atoms with E-state index in [1.807, 2.05) is 37.3 Å². The zero-order valence-corrected chi connectivity index (χ0v) is 10.5. The van der Waals surface area contributed by atoms with Gasteiger partial charge in [-0.2, -0.15) is 0 Å². The maximum Gasteiger partial charge on any atom is 0.161 e. The van der Waals surface area contributed by atoms with Crippen LogP contribution in [0, 0.1) is 6.92 Å². The summed E-state index contributed by atoms with van der Waals surface area (Å²) in [6, 6.07) is 12.8. The van der Waals surface area contributed by atoms with Crippen LogP contribution in [-0.2, 0) is 6.61 Å². The van der Waals surface area contributed by atoms with Crippen molar-refractivity contribution in [2.45, 2.75) is 13.5 Å². The summed E-state index contributed by atoms with van der Waals surface area (Å²) in [5, 5.41) is 9.34. The monoisotopic (exact) mass is 244 g/mol. The summed E-state index contributed by atoms with van der Waals surface area (Å²) >= 11 is 0. The van der Waals surface area contributed by atoms with Crippen molar-refractivity contribution in [3.63, 3.8) is 0 Å². The number of phenols is 1. The SMILES string of the molecule is COc1ccccc1OCc1ccc(O)cc1C. The number of hydrogen-bond acceptors (Lipinski definition) is 3. The van der Waals surface area contributed by atoms with Crippen molar-refractivity contribution in [1.82, 2.24) is 0 Å². The van der Waals surface area contributed by atoms with E-state index in [0.717, 1.165) is 11.1 Å². The van der Waals surface area contributed by atoms with E-state index >= 15 is 0 Å². The van der Waals surface area contributed by atoms with E-state index < -0.39 is 0 Å². The van der Waals surface area contributed by atoms with Crippen molar-refractivity contribution >= 4 is 0 Å². The Morgan fingerprint density at radius 3 is 2.44 bits per heavy atom. The highest BCUT2D eigenvalue weighted by atomic mass is 16.5. The lowest BCUT2D eigenvalue weighted by Gasteiger charge is -2.11. The molecule has 0 unspecified atom stereocenters. The normalized spacial score (nSPS) is 10.1. The molecule has 0 saturated heterocycles. The van der Waals surface area contributed by atoms with Crippen LogP contribution in [0.2, 0.25) is 0 Å². The van der Waals surface area contributed by atoms with Gasteiger partial charge in [-0.15, -0.1) is 0 Å². The third kappa shape index (κ3) is 2.74. The smallest absolute Gasteiger partial charge is 0.161 e. The molecular formula is C15H16O3. The first-order valence-corrected chi connectivity index (χ1v) is 5.75. The van der Waals surface area contributed by atoms with E-state index in [1.165, 1.54) is 0 Å². The summed E-state index contributed by atoms with van der Waals surface area (Å²) in [6.45, 7) is 2.40. The minimum absolute atomic E-state index is 0.272. The lowest BCUT2D eigenvalue weighted by molar-refractivity contribution is 0.284. The van der Waals surface area contributed by atoms with Gasteiger partial charge in [0.1, 0.15) is 12.4 Å². The average molecular weight is 244 g/mol. The third-order valence-electron chi connectivity index (χ3n) is 2.78. The van der Waals surface area contributed by atoms with Crippen LogP contribution < -0.4 is 9.47 Å². The maximum absolute atomic E-state index is 9.34. The molecule has 0 aliphatic carbocycles. The Morgan fingerprint density at radius 2 is 1.78 bits per heavy atom. The molecule has 0 aromatic heterocycles. The van der Waals surface area contributed by atoms with Gasteiger partial charge in [0.05, 0.1) is 7.11 Å². The Labute approximate surface area is 107 Å². The van der Waals surface area contributed by atoms with Gasteiger partial charge in [0.15, 0.2) is 11.5 Å². The van der Waals surface area contributed by atoms with Crippen molar-refractivity contribution in [2.75, 3.05) is 7.11 Å². The van der Waals surface area contributed by atoms with Gasteiger partial charge in [-0.05, 0) is 42.3 Å². The van der Waals surface area contributed by atoms with Crippen LogP contribution in [0.25, 0.3) is 0 Å². The number of phenolic OH excluding ortho intramolecular Hbond substituents is 1. The maximum atomic E-state index is 9.34. The zero-order chi connectivity index (χ0) is 13.0. The third-order valence-corrected chi connectivity index (χ3v) is 2.78. The van der Waals surface area contributed by atoms with E-state index in [0.29, 0.717) is 18.1 Å². The molecule has 1 N–H and O–H groups in total. The number of para-hydroxylation sites is 2. The number of rotatable bonds is 4. The van der Waals surface area contributed by atoms with Gasteiger partial charge >= 0.3 is 0 Å². The molecule has 0 radical (unpaired) electrons. The Balaban J connectivity index is 2.11. The summed E-state index contributed by atoms with van der Waals surface area (Å²) in [5.74, 6) is 1.70. The molecule has 0 amide bonds. The van der Waals surface area contributed by atoms with E-state index in [4.69, 9.17) is 9.47 Å². The van der Waals surface area contributed by atoms with Gasteiger partial charge in [0.25, 0.3) is 0 Å². The summed E-state index contributed by atoms with van der Waals surface area (Å²) in [7, 11) is 1.62. The molecule has 18 heavy (non-hydrogen) atoms. The molecule has 0 atom stereocenters. The van der Waals surface area contributed by atoms with Crippen LogP contribution in [0.5, 0.6) is 17.2 Å². The second-order valence-corrected chi connectivity index (χ2v) is 4.05. The first-order chi connectivity index (χ1) is 8.70. The molecule has 0 bridgehead atoms. The first-order valence-electron chi connectivity index (χ1n) is 5.75. The quantitative estimate of drug-likeness (QED) is 0.897. The molecule has 0 spiro atoms. The van der Waals surface area contributed by atoms with Gasteiger partial charge in [-0.1, -0.05) is 18.2 Å². The largest absolute Gasteiger partial charge is 0.508 e. The molecule has 0 heterocycles. The van der Waals surface area contributed by atoms with Crippen molar-refractivity contribution in [1.29, 1.82) is 0 Å². The van der Waals surface area contributed by atoms with Crippen LogP contribution in [0.3, 0.4) is 0 Å². The predicted octanol–water partition coefficient (Wildman–Crippen LogP) is 3.29. The fourth-order valence-corrected chi connectivity index (χ4v) is 1.74. The molecule has 0 fully saturated rings. The second kappa shape index (κ2) is 5.45. The number of hydrogen-bond donors (Lipinski definition) is 1. The molecular weight excluding hydrogens is 228 g/mol. The minimum atomic E-state index is 0.272. The molecule has 2 aromatic carbocycles. The van der Waals surface area contributed by atoms with Crippen molar-refractivity contribution in [2.24, 2.45) is 0 Å². The summed E-state index contributed by atoms with van der Waals surface area (Å²) in [6.07, 6.45) is 0. The number of ether oxygens (including phenoxy) is 2. The lowest BCUT2D eigenvalue weighted by atomic mass is 10.1. The van der Waals surface area contributed by atoms with Crippen LogP contribution in [0.15, 0.2) is 42.5 Å². The number of aryl methyl sites for hydroxylation is 1. The van der Waals surface area contributed by atoms with E-state index in [9.17, 15) is 5.11 Å². The highest BCUT2D eigenvalue weighted by Gasteiger charge is 2.04. The summed E-state index contributed by atoms with van der Waals surface area (Å²) < 4.78 is 10.9. The minimum Gasteiger partial charge on any atom is -0.508 e. The van der Waals surface area contributed by atoms with Gasteiger partial charge < -0.3 is 14.6 Å². The lowest BCUT2D eigenvalue weighted by Crippen LogP contribution is -1.99. The summed E-state index contributed by atoms with van der Waals surface area (Å²) in [4.78, 5) is 0. The highest BCUT2D eigenvalue weighted by molar-refractivity contribution is 5.40. The van der Waals surface area contributed by atoms with E-state index in [2.05, 4.69) is 0 Å². The van der Waals surface area contributed by atoms with Gasteiger partial charge in [-0.3, -0.25) is 0 Å². The molecule has 2 aromatic rings. The Bertz CT molecular complexity index is 535. The Hall–Kier alpha value is -2.16. The fraction of sp³-hybridized carbons (Fsp3) is 0.200. The second-order valence-electron chi connectivity index (χ2n) is 4.05. The van der Waals surface area contributed by atoms with Crippen LogP contribution in [0.4, 0.5) is 0 Å². The molecule has 94 valence electrons. The Morgan fingerprint density at radius 1 is 1.06 bits per heavy atom. The molecule has 2 rings (SSSR count). The molecule has 0 aliphatic rings. The average Bonchev–Trinajstić information content (AvgIpc) is 2.38. The van der Waals surface area contributed by atoms with Crippen molar-refractivity contribution < 1.29 is 14.6 Å². The molecule has 3 nitrogen and oxygen atoms in total.